The molecule has 0 unspecified atom stereocenters. The number of esters is 1. The summed E-state index contributed by atoms with van der Waals surface area (Å²) < 4.78 is 5.36. The number of rotatable bonds is 4. The molecule has 5 heteroatoms. The summed E-state index contributed by atoms with van der Waals surface area (Å²) in [5.41, 5.74) is 1.57. The third-order valence-electron chi connectivity index (χ3n) is 5.09. The Kier molecular flexibility index (Phi) is 4.73. The van der Waals surface area contributed by atoms with E-state index < -0.39 is 6.10 Å². The summed E-state index contributed by atoms with van der Waals surface area (Å²) in [6.07, 6.45) is 4.55. The number of amides is 1. The Morgan fingerprint density at radius 2 is 2.00 bits per heavy atom. The lowest BCUT2D eigenvalue weighted by molar-refractivity contribution is -0.129. The number of thiophene rings is 1. The summed E-state index contributed by atoms with van der Waals surface area (Å²) in [5, 5.41) is 2.87. The van der Waals surface area contributed by atoms with E-state index in [0.29, 0.717) is 10.8 Å². The lowest BCUT2D eigenvalue weighted by Gasteiger charge is -2.33. The minimum Gasteiger partial charge on any atom is -0.448 e. The van der Waals surface area contributed by atoms with Gasteiger partial charge in [0.15, 0.2) is 6.10 Å². The van der Waals surface area contributed by atoms with E-state index in [1.165, 1.54) is 28.2 Å². The molecule has 1 N–H and O–H groups in total. The first kappa shape index (κ1) is 17.5. The van der Waals surface area contributed by atoms with E-state index in [4.69, 9.17) is 4.74 Å². The molecule has 0 radical (unpaired) electrons. The third-order valence-corrected chi connectivity index (χ3v) is 6.30. The third kappa shape index (κ3) is 4.00. The highest BCUT2D eigenvalue weighted by atomic mass is 32.1. The van der Waals surface area contributed by atoms with Crippen LogP contribution >= 0.6 is 11.3 Å². The summed E-state index contributed by atoms with van der Waals surface area (Å²) in [5.74, 6) is 0.0758. The molecule has 132 valence electrons. The van der Waals surface area contributed by atoms with Gasteiger partial charge in [0.25, 0.3) is 5.91 Å². The highest BCUT2D eigenvalue weighted by molar-refractivity contribution is 7.14. The summed E-state index contributed by atoms with van der Waals surface area (Å²) in [6, 6.07) is 2.26. The smallest absolute Gasteiger partial charge is 0.349 e. The predicted octanol–water partition coefficient (Wildman–Crippen LogP) is 3.72. The van der Waals surface area contributed by atoms with Crippen LogP contribution in [0, 0.1) is 11.3 Å². The molecular weight excluding hydrogens is 322 g/mol. The van der Waals surface area contributed by atoms with Gasteiger partial charge < -0.3 is 10.1 Å². The monoisotopic (exact) mass is 349 g/mol. The highest BCUT2D eigenvalue weighted by Gasteiger charge is 2.31. The van der Waals surface area contributed by atoms with Crippen LogP contribution < -0.4 is 5.32 Å². The van der Waals surface area contributed by atoms with Crippen molar-refractivity contribution in [2.24, 2.45) is 11.3 Å². The van der Waals surface area contributed by atoms with E-state index in [1.807, 2.05) is 6.07 Å². The van der Waals surface area contributed by atoms with E-state index in [-0.39, 0.29) is 23.3 Å². The topological polar surface area (TPSA) is 55.4 Å². The van der Waals surface area contributed by atoms with Gasteiger partial charge in [0.2, 0.25) is 0 Å². The number of hydrogen-bond donors (Lipinski definition) is 1. The number of carbonyl (C=O) groups is 2. The van der Waals surface area contributed by atoms with Gasteiger partial charge >= 0.3 is 5.97 Å². The summed E-state index contributed by atoms with van der Waals surface area (Å²) in [7, 11) is 0. The molecule has 0 bridgehead atoms. The molecule has 1 fully saturated rings. The molecule has 3 rings (SSSR count). The minimum atomic E-state index is -0.737. The van der Waals surface area contributed by atoms with Crippen molar-refractivity contribution in [1.29, 1.82) is 0 Å². The van der Waals surface area contributed by atoms with Crippen molar-refractivity contribution < 1.29 is 14.3 Å². The van der Waals surface area contributed by atoms with Gasteiger partial charge in [-0.3, -0.25) is 4.79 Å². The van der Waals surface area contributed by atoms with Crippen LogP contribution in [0.3, 0.4) is 0 Å². The summed E-state index contributed by atoms with van der Waals surface area (Å²) in [4.78, 5) is 26.2. The maximum absolute atomic E-state index is 12.4. The van der Waals surface area contributed by atoms with Crippen LogP contribution in [0.1, 0.15) is 67.1 Å². The van der Waals surface area contributed by atoms with Gasteiger partial charge in [0.1, 0.15) is 4.88 Å². The molecule has 24 heavy (non-hydrogen) atoms. The average molecular weight is 349 g/mol. The Bertz CT molecular complexity index is 640. The first-order valence-electron chi connectivity index (χ1n) is 8.87. The number of carbonyl (C=O) groups excluding carboxylic acids is 2. The van der Waals surface area contributed by atoms with E-state index in [0.717, 1.165) is 25.7 Å². The molecule has 1 aromatic heterocycles. The van der Waals surface area contributed by atoms with Gasteiger partial charge in [-0.2, -0.15) is 0 Å². The molecule has 1 amide bonds. The van der Waals surface area contributed by atoms with E-state index >= 15 is 0 Å². The summed E-state index contributed by atoms with van der Waals surface area (Å²) >= 11 is 1.53. The number of ether oxygens (including phenoxy) is 1. The van der Waals surface area contributed by atoms with Crippen molar-refractivity contribution in [3.8, 4) is 0 Å². The fourth-order valence-electron chi connectivity index (χ4n) is 3.18. The number of aryl methyl sites for hydroxylation is 1. The minimum absolute atomic E-state index is 0.194. The number of hydrogen-bond acceptors (Lipinski definition) is 4. The maximum atomic E-state index is 12.4. The second kappa shape index (κ2) is 6.51. The molecule has 2 aliphatic rings. The van der Waals surface area contributed by atoms with Gasteiger partial charge in [0, 0.05) is 10.9 Å². The first-order valence-corrected chi connectivity index (χ1v) is 9.68. The van der Waals surface area contributed by atoms with Crippen LogP contribution in [0.5, 0.6) is 0 Å². The quantitative estimate of drug-likeness (QED) is 0.843. The molecule has 0 aliphatic heterocycles. The molecule has 0 spiro atoms. The van der Waals surface area contributed by atoms with Crippen molar-refractivity contribution >= 4 is 23.2 Å². The van der Waals surface area contributed by atoms with Gasteiger partial charge in [0.05, 0.1) is 0 Å². The average Bonchev–Trinajstić information content (AvgIpc) is 3.20. The highest BCUT2D eigenvalue weighted by Crippen LogP contribution is 2.40. The second-order valence-corrected chi connectivity index (χ2v) is 9.33. The number of fused-ring (bicyclic) bond motifs is 1. The lowest BCUT2D eigenvalue weighted by Crippen LogP contribution is -2.36. The first-order chi connectivity index (χ1) is 11.2. The van der Waals surface area contributed by atoms with Crippen LogP contribution in [0.2, 0.25) is 0 Å². The Balaban J connectivity index is 1.62. The zero-order chi connectivity index (χ0) is 17.5. The second-order valence-electron chi connectivity index (χ2n) is 8.20. The predicted molar refractivity (Wildman–Crippen MR) is 95.3 cm³/mol. The Hall–Kier alpha value is -1.36. The lowest BCUT2D eigenvalue weighted by atomic mass is 9.72. The zero-order valence-electron chi connectivity index (χ0n) is 15.0. The molecule has 1 aromatic rings. The fraction of sp³-hybridized carbons (Fsp3) is 0.684. The van der Waals surface area contributed by atoms with Gasteiger partial charge in [-0.25, -0.2) is 4.79 Å². The van der Waals surface area contributed by atoms with Crippen LogP contribution in [-0.4, -0.2) is 24.0 Å². The van der Waals surface area contributed by atoms with Crippen molar-refractivity contribution in [2.75, 3.05) is 0 Å². The maximum Gasteiger partial charge on any atom is 0.349 e. The molecule has 0 aromatic carbocycles. The van der Waals surface area contributed by atoms with Gasteiger partial charge in [-0.05, 0) is 62.0 Å². The Labute approximate surface area is 148 Å². The van der Waals surface area contributed by atoms with Crippen LogP contribution in [0.15, 0.2) is 6.07 Å². The van der Waals surface area contributed by atoms with Gasteiger partial charge in [-0.15, -0.1) is 11.3 Å². The van der Waals surface area contributed by atoms with Crippen molar-refractivity contribution in [3.63, 3.8) is 0 Å². The van der Waals surface area contributed by atoms with Crippen molar-refractivity contribution in [2.45, 2.75) is 71.9 Å². The van der Waals surface area contributed by atoms with Crippen LogP contribution in [0.4, 0.5) is 0 Å². The molecule has 1 saturated carbocycles. The standard InChI is InChI=1S/C19H27NO3S/c1-11(17(21)20-14-6-7-14)23-18(22)16-10-12-9-13(19(2,3)4)5-8-15(12)24-16/h10-11,13-14H,5-9H2,1-4H3,(H,20,21)/t11-,13-/m1/s1. The van der Waals surface area contributed by atoms with Crippen molar-refractivity contribution in [3.05, 3.63) is 21.4 Å². The Morgan fingerprint density at radius 3 is 2.62 bits per heavy atom. The normalized spacial score (nSPS) is 21.8. The zero-order valence-corrected chi connectivity index (χ0v) is 15.8. The van der Waals surface area contributed by atoms with Crippen LogP contribution in [0.25, 0.3) is 0 Å². The molecule has 1 heterocycles. The summed E-state index contributed by atoms with van der Waals surface area (Å²) in [6.45, 7) is 8.48. The van der Waals surface area contributed by atoms with E-state index in [9.17, 15) is 9.59 Å². The van der Waals surface area contributed by atoms with Crippen molar-refractivity contribution in [1.82, 2.24) is 5.32 Å². The van der Waals surface area contributed by atoms with Gasteiger partial charge in [-0.1, -0.05) is 20.8 Å². The van der Waals surface area contributed by atoms with E-state index in [1.54, 1.807) is 6.92 Å². The van der Waals surface area contributed by atoms with E-state index in [2.05, 4.69) is 26.1 Å². The Morgan fingerprint density at radius 1 is 1.29 bits per heavy atom. The SMILES string of the molecule is C[C@@H](OC(=O)c1cc2c(s1)CC[C@@H](C(C)(C)C)C2)C(=O)NC1CC1. The molecule has 2 atom stereocenters. The molecule has 0 saturated heterocycles. The molecular formula is C19H27NO3S. The fourth-order valence-corrected chi connectivity index (χ4v) is 4.27. The van der Waals surface area contributed by atoms with Crippen LogP contribution in [-0.2, 0) is 22.4 Å². The molecule has 2 aliphatic carbocycles. The molecule has 4 nitrogen and oxygen atoms in total. The number of nitrogens with one attached hydrogen (secondary N) is 1. The largest absolute Gasteiger partial charge is 0.448 e.